The van der Waals surface area contributed by atoms with Gasteiger partial charge in [-0.05, 0) is 20.8 Å². The molecule has 1 radical (unpaired) electrons. The van der Waals surface area contributed by atoms with Crippen molar-refractivity contribution in [3.63, 3.8) is 0 Å². The molecule has 1 unspecified atom stereocenters. The molecule has 1 amide bonds. The van der Waals surface area contributed by atoms with Gasteiger partial charge in [-0.25, -0.2) is 0 Å². The maximum absolute atomic E-state index is 12.1. The Morgan fingerprint density at radius 3 is 2.31 bits per heavy atom. The van der Waals surface area contributed by atoms with E-state index in [-0.39, 0.29) is 25.0 Å². The Morgan fingerprint density at radius 1 is 1.44 bits per heavy atom. The molecule has 1 atom stereocenters. The van der Waals surface area contributed by atoms with Gasteiger partial charge in [0.25, 0.3) is 0 Å². The van der Waals surface area contributed by atoms with Crippen molar-refractivity contribution in [3.05, 3.63) is 6.42 Å². The van der Waals surface area contributed by atoms with Crippen LogP contribution in [0.1, 0.15) is 20.8 Å². The van der Waals surface area contributed by atoms with Gasteiger partial charge in [-0.15, -0.1) is 11.6 Å². The van der Waals surface area contributed by atoms with Crippen molar-refractivity contribution >= 4 is 25.1 Å². The standard InChI is InChI=1S/C9H18ClNO4P/c1-4-14-16(13,15-5-2)8(3)11-9(12)6-7-10/h6,8H,4-5,7H2,1-3H3,(H,11,12). The average Bonchev–Trinajstić information content (AvgIpc) is 2.18. The van der Waals surface area contributed by atoms with E-state index in [0.717, 1.165) is 0 Å². The summed E-state index contributed by atoms with van der Waals surface area (Å²) >= 11 is 5.37. The lowest BCUT2D eigenvalue weighted by molar-refractivity contribution is -0.118. The molecule has 7 heteroatoms. The fourth-order valence-corrected chi connectivity index (χ4v) is 2.70. The monoisotopic (exact) mass is 270 g/mol. The van der Waals surface area contributed by atoms with Gasteiger partial charge in [0, 0.05) is 5.88 Å². The van der Waals surface area contributed by atoms with Crippen molar-refractivity contribution in [2.24, 2.45) is 0 Å². The third kappa shape index (κ3) is 5.30. The summed E-state index contributed by atoms with van der Waals surface area (Å²) in [7, 11) is -3.28. The normalized spacial score (nSPS) is 13.5. The predicted octanol–water partition coefficient (Wildman–Crippen LogP) is 2.16. The van der Waals surface area contributed by atoms with Gasteiger partial charge in [0.2, 0.25) is 5.91 Å². The highest BCUT2D eigenvalue weighted by atomic mass is 35.5. The van der Waals surface area contributed by atoms with Gasteiger partial charge >= 0.3 is 7.60 Å². The predicted molar refractivity (Wildman–Crippen MR) is 63.5 cm³/mol. The molecule has 1 N–H and O–H groups in total. The Hall–Kier alpha value is -0.0900. The molecule has 95 valence electrons. The van der Waals surface area contributed by atoms with Crippen molar-refractivity contribution in [2.75, 3.05) is 19.1 Å². The highest BCUT2D eigenvalue weighted by Crippen LogP contribution is 2.51. The fourth-order valence-electron chi connectivity index (χ4n) is 1.03. The molecular weight excluding hydrogens is 253 g/mol. The first-order valence-corrected chi connectivity index (χ1v) is 7.23. The molecule has 0 aromatic rings. The highest BCUT2D eigenvalue weighted by Gasteiger charge is 2.32. The molecule has 0 aliphatic carbocycles. The molecule has 0 aromatic carbocycles. The summed E-state index contributed by atoms with van der Waals surface area (Å²) in [5.74, 6) is -0.979. The molecule has 0 fully saturated rings. The maximum atomic E-state index is 12.1. The quantitative estimate of drug-likeness (QED) is 0.542. The zero-order valence-corrected chi connectivity index (χ0v) is 11.4. The third-order valence-electron chi connectivity index (χ3n) is 1.71. The van der Waals surface area contributed by atoms with Gasteiger partial charge in [-0.3, -0.25) is 9.36 Å². The van der Waals surface area contributed by atoms with Crippen LogP contribution >= 0.6 is 19.2 Å². The summed E-state index contributed by atoms with van der Waals surface area (Å²) in [5.41, 5.74) is 0. The van der Waals surface area contributed by atoms with Crippen LogP contribution in [0.25, 0.3) is 0 Å². The Balaban J connectivity index is 4.43. The first-order chi connectivity index (χ1) is 7.50. The van der Waals surface area contributed by atoms with Crippen LogP contribution < -0.4 is 5.32 Å². The van der Waals surface area contributed by atoms with E-state index in [1.54, 1.807) is 20.8 Å². The lowest BCUT2D eigenvalue weighted by Crippen LogP contribution is -2.34. The lowest BCUT2D eigenvalue weighted by atomic mass is 10.4. The number of alkyl halides is 1. The van der Waals surface area contributed by atoms with E-state index in [2.05, 4.69) is 5.32 Å². The summed E-state index contributed by atoms with van der Waals surface area (Å²) in [4.78, 5) is 11.2. The van der Waals surface area contributed by atoms with E-state index >= 15 is 0 Å². The van der Waals surface area contributed by atoms with Crippen LogP contribution in [-0.4, -0.2) is 30.8 Å². The van der Waals surface area contributed by atoms with Gasteiger partial charge in [0.15, 0.2) is 0 Å². The summed E-state index contributed by atoms with van der Waals surface area (Å²) in [5, 5.41) is 2.50. The molecule has 0 aliphatic rings. The first kappa shape index (κ1) is 15.9. The number of rotatable bonds is 8. The molecule has 0 aliphatic heterocycles. The van der Waals surface area contributed by atoms with Crippen molar-refractivity contribution < 1.29 is 18.4 Å². The zero-order valence-electron chi connectivity index (χ0n) is 9.73. The number of carbonyl (C=O) groups is 1. The molecule has 5 nitrogen and oxygen atoms in total. The van der Waals surface area contributed by atoms with Gasteiger partial charge < -0.3 is 14.4 Å². The van der Waals surface area contributed by atoms with Crippen LogP contribution in [0.3, 0.4) is 0 Å². The fraction of sp³-hybridized carbons (Fsp3) is 0.778. The van der Waals surface area contributed by atoms with Crippen molar-refractivity contribution in [3.8, 4) is 0 Å². The molecule has 0 rings (SSSR count). The number of carbonyl (C=O) groups excluding carboxylic acids is 1. The Morgan fingerprint density at radius 2 is 1.94 bits per heavy atom. The smallest absolute Gasteiger partial charge is 0.342 e. The van der Waals surface area contributed by atoms with Crippen LogP contribution in [0.2, 0.25) is 0 Å². The van der Waals surface area contributed by atoms with Gasteiger partial charge in [0.05, 0.1) is 19.6 Å². The zero-order chi connectivity index (χ0) is 12.6. The minimum atomic E-state index is -3.28. The third-order valence-corrected chi connectivity index (χ3v) is 4.17. The first-order valence-electron chi connectivity index (χ1n) is 5.08. The van der Waals surface area contributed by atoms with Crippen LogP contribution in [0, 0.1) is 6.42 Å². The van der Waals surface area contributed by atoms with E-state index in [4.69, 9.17) is 20.6 Å². The second-order valence-corrected chi connectivity index (χ2v) is 5.60. The largest absolute Gasteiger partial charge is 0.352 e. The highest BCUT2D eigenvalue weighted by molar-refractivity contribution is 7.54. The van der Waals surface area contributed by atoms with E-state index in [1.807, 2.05) is 0 Å². The lowest BCUT2D eigenvalue weighted by Gasteiger charge is -2.23. The molecular formula is C9H18ClNO4P. The minimum absolute atomic E-state index is 0.103. The second kappa shape index (κ2) is 8.07. The average molecular weight is 271 g/mol. The molecule has 0 saturated heterocycles. The van der Waals surface area contributed by atoms with Crippen molar-refractivity contribution in [1.29, 1.82) is 0 Å². The topological polar surface area (TPSA) is 64.6 Å². The summed E-state index contributed by atoms with van der Waals surface area (Å²) < 4.78 is 22.3. The van der Waals surface area contributed by atoms with Crippen molar-refractivity contribution in [1.82, 2.24) is 5.32 Å². The Labute approximate surface area is 101 Å². The van der Waals surface area contributed by atoms with Gasteiger partial charge in [-0.1, -0.05) is 0 Å². The number of nitrogens with one attached hydrogen (secondary N) is 1. The number of halogens is 1. The number of amides is 1. The van der Waals surface area contributed by atoms with Gasteiger partial charge in [-0.2, -0.15) is 0 Å². The van der Waals surface area contributed by atoms with E-state index in [9.17, 15) is 9.36 Å². The summed E-state index contributed by atoms with van der Waals surface area (Å²) in [6.45, 7) is 5.52. The Kier molecular flexibility index (Phi) is 8.02. The number of hydrogen-bond donors (Lipinski definition) is 1. The summed E-state index contributed by atoms with van der Waals surface area (Å²) in [6, 6.07) is 0. The second-order valence-electron chi connectivity index (χ2n) is 2.92. The molecule has 0 saturated carbocycles. The van der Waals surface area contributed by atoms with E-state index < -0.39 is 13.4 Å². The molecule has 0 spiro atoms. The maximum Gasteiger partial charge on any atom is 0.352 e. The minimum Gasteiger partial charge on any atom is -0.342 e. The number of hydrogen-bond acceptors (Lipinski definition) is 4. The molecule has 0 heterocycles. The van der Waals surface area contributed by atoms with E-state index in [1.165, 1.54) is 6.42 Å². The van der Waals surface area contributed by atoms with Crippen LogP contribution in [0.4, 0.5) is 0 Å². The molecule has 0 bridgehead atoms. The van der Waals surface area contributed by atoms with Crippen LogP contribution in [-0.2, 0) is 18.4 Å². The van der Waals surface area contributed by atoms with E-state index in [0.29, 0.717) is 0 Å². The van der Waals surface area contributed by atoms with Crippen LogP contribution in [0.15, 0.2) is 0 Å². The SMILES string of the molecule is CCOP(=O)(OCC)C(C)NC(=O)[CH]CCl. The van der Waals surface area contributed by atoms with Crippen molar-refractivity contribution in [2.45, 2.75) is 26.6 Å². The Bertz CT molecular complexity index is 252. The molecule has 0 aromatic heterocycles. The van der Waals surface area contributed by atoms with Crippen LogP contribution in [0.5, 0.6) is 0 Å². The molecule has 16 heavy (non-hydrogen) atoms. The summed E-state index contributed by atoms with van der Waals surface area (Å²) in [6.07, 6.45) is 1.25. The van der Waals surface area contributed by atoms with Gasteiger partial charge in [0.1, 0.15) is 5.78 Å².